The summed E-state index contributed by atoms with van der Waals surface area (Å²) >= 11 is 0. The molecule has 0 spiro atoms. The van der Waals surface area contributed by atoms with E-state index in [1.807, 2.05) is 0 Å². The largest absolute Gasteiger partial charge is 0.365 e. The second-order valence-corrected chi connectivity index (χ2v) is 6.97. The first-order valence-corrected chi connectivity index (χ1v) is 8.63. The average molecular weight is 349 g/mol. The van der Waals surface area contributed by atoms with Gasteiger partial charge in [0.05, 0.1) is 6.10 Å². The van der Waals surface area contributed by atoms with Gasteiger partial charge in [0.2, 0.25) is 5.91 Å². The quantitative estimate of drug-likeness (QED) is 0.823. The van der Waals surface area contributed by atoms with Gasteiger partial charge >= 0.3 is 0 Å². The van der Waals surface area contributed by atoms with Crippen LogP contribution in [0, 0.1) is 12.8 Å². The fourth-order valence-electron chi connectivity index (χ4n) is 2.69. The Morgan fingerprint density at radius 2 is 2.12 bits per heavy atom. The number of hydrogen-bond acceptors (Lipinski definition) is 4. The van der Waals surface area contributed by atoms with Crippen LogP contribution in [0.25, 0.3) is 0 Å². The zero-order valence-electron chi connectivity index (χ0n) is 15.4. The molecule has 2 heterocycles. The smallest absolute Gasteiger partial charge is 0.263 e. The average Bonchev–Trinajstić information content (AvgIpc) is 2.55. The van der Waals surface area contributed by atoms with E-state index in [2.05, 4.69) is 19.2 Å². The fraction of sp³-hybridized carbons (Fsp3) is 0.611. The molecule has 1 N–H and O–H groups in total. The number of aryl methyl sites for hydroxylation is 2. The Hall–Kier alpha value is -2.15. The van der Waals surface area contributed by atoms with E-state index in [1.54, 1.807) is 35.7 Å². The summed E-state index contributed by atoms with van der Waals surface area (Å²) in [7, 11) is 1.70. The summed E-state index contributed by atoms with van der Waals surface area (Å²) in [6.07, 6.45) is 2.35. The minimum atomic E-state index is -0.399. The lowest BCUT2D eigenvalue weighted by atomic mass is 10.1. The van der Waals surface area contributed by atoms with Crippen molar-refractivity contribution in [2.45, 2.75) is 39.8 Å². The van der Waals surface area contributed by atoms with Gasteiger partial charge in [0.15, 0.2) is 0 Å². The molecule has 1 aromatic heterocycles. The second-order valence-electron chi connectivity index (χ2n) is 6.97. The lowest BCUT2D eigenvalue weighted by Crippen LogP contribution is -2.49. The van der Waals surface area contributed by atoms with E-state index in [0.717, 1.165) is 6.42 Å². The first kappa shape index (κ1) is 19.2. The van der Waals surface area contributed by atoms with Gasteiger partial charge in [-0.25, -0.2) is 0 Å². The highest BCUT2D eigenvalue weighted by Gasteiger charge is 2.24. The highest BCUT2D eigenvalue weighted by molar-refractivity contribution is 5.95. The third-order valence-corrected chi connectivity index (χ3v) is 4.38. The van der Waals surface area contributed by atoms with Crippen molar-refractivity contribution in [3.8, 4) is 0 Å². The molecule has 0 radical (unpaired) electrons. The van der Waals surface area contributed by atoms with E-state index in [0.29, 0.717) is 24.6 Å². The molecule has 2 rings (SSSR count). The zero-order valence-corrected chi connectivity index (χ0v) is 15.4. The van der Waals surface area contributed by atoms with Crippen LogP contribution in [0.4, 0.5) is 0 Å². The van der Waals surface area contributed by atoms with Crippen LogP contribution in [0.15, 0.2) is 17.1 Å². The maximum atomic E-state index is 12.6. The molecule has 1 unspecified atom stereocenters. The number of nitrogens with zero attached hydrogens (tertiary/aromatic N) is 2. The van der Waals surface area contributed by atoms with Crippen molar-refractivity contribution in [3.05, 3.63) is 33.7 Å². The van der Waals surface area contributed by atoms with Crippen molar-refractivity contribution in [1.29, 1.82) is 0 Å². The monoisotopic (exact) mass is 349 g/mol. The predicted octanol–water partition coefficient (Wildman–Crippen LogP) is 0.790. The van der Waals surface area contributed by atoms with Crippen LogP contribution in [0.1, 0.15) is 36.2 Å². The molecule has 138 valence electrons. The number of hydrogen-bond donors (Lipinski definition) is 1. The van der Waals surface area contributed by atoms with Gasteiger partial charge in [-0.05, 0) is 30.9 Å². The van der Waals surface area contributed by atoms with Crippen LogP contribution >= 0.6 is 0 Å². The SMILES string of the molecule is Cc1ccn(CCC(C)C)c(=O)c1C(=O)NCC1CN(C)C(=O)CO1. The summed E-state index contributed by atoms with van der Waals surface area (Å²) in [6, 6.07) is 1.79. The van der Waals surface area contributed by atoms with E-state index in [9.17, 15) is 14.4 Å². The number of likely N-dealkylation sites (N-methyl/N-ethyl adjacent to an activating group) is 1. The van der Waals surface area contributed by atoms with E-state index in [-0.39, 0.29) is 36.3 Å². The molecule has 1 aromatic rings. The Bertz CT molecular complexity index is 696. The van der Waals surface area contributed by atoms with E-state index >= 15 is 0 Å². The molecule has 0 aliphatic carbocycles. The normalized spacial score (nSPS) is 17.9. The third kappa shape index (κ3) is 4.92. The molecule has 7 nitrogen and oxygen atoms in total. The van der Waals surface area contributed by atoms with Crippen LogP contribution in [0.5, 0.6) is 0 Å². The number of aromatic nitrogens is 1. The minimum absolute atomic E-state index is 0.0173. The van der Waals surface area contributed by atoms with Gasteiger partial charge in [-0.1, -0.05) is 13.8 Å². The molecule has 1 atom stereocenters. The van der Waals surface area contributed by atoms with Crippen molar-refractivity contribution < 1.29 is 14.3 Å². The first-order valence-electron chi connectivity index (χ1n) is 8.63. The Kier molecular flexibility index (Phi) is 6.36. The molecular formula is C18H27N3O4. The molecule has 25 heavy (non-hydrogen) atoms. The third-order valence-electron chi connectivity index (χ3n) is 4.38. The van der Waals surface area contributed by atoms with Crippen molar-refractivity contribution >= 4 is 11.8 Å². The molecule has 0 bridgehead atoms. The molecule has 0 saturated carbocycles. The second kappa shape index (κ2) is 8.29. The molecule has 1 saturated heterocycles. The maximum Gasteiger partial charge on any atom is 0.263 e. The molecule has 7 heteroatoms. The topological polar surface area (TPSA) is 80.6 Å². The number of amides is 2. The number of carbonyl (C=O) groups is 2. The number of morpholine rings is 1. The molecule has 1 aliphatic heterocycles. The van der Waals surface area contributed by atoms with Crippen molar-refractivity contribution in [2.24, 2.45) is 5.92 Å². The van der Waals surface area contributed by atoms with Gasteiger partial charge in [-0.3, -0.25) is 14.4 Å². The fourth-order valence-corrected chi connectivity index (χ4v) is 2.69. The van der Waals surface area contributed by atoms with E-state index in [1.165, 1.54) is 0 Å². The standard InChI is InChI=1S/C18H27N3O4/c1-12(2)5-7-21-8-6-13(3)16(18(21)24)17(23)19-9-14-10-20(4)15(22)11-25-14/h6,8,12,14H,5,7,9-11H2,1-4H3,(H,19,23). The van der Waals surface area contributed by atoms with Crippen LogP contribution in [0.3, 0.4) is 0 Å². The number of carbonyl (C=O) groups excluding carboxylic acids is 2. The van der Waals surface area contributed by atoms with Gasteiger partial charge in [0, 0.05) is 32.9 Å². The maximum absolute atomic E-state index is 12.6. The van der Waals surface area contributed by atoms with E-state index in [4.69, 9.17) is 4.74 Å². The molecular weight excluding hydrogens is 322 g/mol. The van der Waals surface area contributed by atoms with Crippen LogP contribution in [-0.4, -0.2) is 54.1 Å². The zero-order chi connectivity index (χ0) is 18.6. The van der Waals surface area contributed by atoms with Crippen LogP contribution in [0.2, 0.25) is 0 Å². The molecule has 1 aliphatic rings. The first-order chi connectivity index (χ1) is 11.8. The van der Waals surface area contributed by atoms with Crippen molar-refractivity contribution in [2.75, 3.05) is 26.7 Å². The number of pyridine rings is 1. The number of rotatable bonds is 6. The summed E-state index contributed by atoms with van der Waals surface area (Å²) in [5.74, 6) is 0.00713. The highest BCUT2D eigenvalue weighted by Crippen LogP contribution is 2.07. The summed E-state index contributed by atoms with van der Waals surface area (Å²) in [5, 5.41) is 2.76. The Morgan fingerprint density at radius 3 is 2.76 bits per heavy atom. The van der Waals surface area contributed by atoms with Gasteiger partial charge < -0.3 is 19.5 Å². The molecule has 1 fully saturated rings. The van der Waals surface area contributed by atoms with Crippen molar-refractivity contribution in [1.82, 2.24) is 14.8 Å². The number of nitrogens with one attached hydrogen (secondary N) is 1. The van der Waals surface area contributed by atoms with Gasteiger partial charge in [-0.2, -0.15) is 0 Å². The lowest BCUT2D eigenvalue weighted by molar-refractivity contribution is -0.146. The Balaban J connectivity index is 2.04. The predicted molar refractivity (Wildman–Crippen MR) is 94.6 cm³/mol. The van der Waals surface area contributed by atoms with Gasteiger partial charge in [0.1, 0.15) is 12.2 Å². The number of ether oxygens (including phenoxy) is 1. The van der Waals surface area contributed by atoms with Gasteiger partial charge in [-0.15, -0.1) is 0 Å². The lowest BCUT2D eigenvalue weighted by Gasteiger charge is -2.29. The van der Waals surface area contributed by atoms with E-state index < -0.39 is 5.91 Å². The minimum Gasteiger partial charge on any atom is -0.365 e. The van der Waals surface area contributed by atoms with Crippen LogP contribution in [-0.2, 0) is 16.1 Å². The van der Waals surface area contributed by atoms with Gasteiger partial charge in [0.25, 0.3) is 11.5 Å². The Morgan fingerprint density at radius 1 is 1.40 bits per heavy atom. The molecule has 0 aromatic carbocycles. The highest BCUT2D eigenvalue weighted by atomic mass is 16.5. The molecule has 2 amide bonds. The Labute approximate surface area is 148 Å². The summed E-state index contributed by atoms with van der Waals surface area (Å²) in [6.45, 7) is 7.24. The summed E-state index contributed by atoms with van der Waals surface area (Å²) in [4.78, 5) is 38.1. The summed E-state index contributed by atoms with van der Waals surface area (Å²) in [5.41, 5.74) is 0.557. The van der Waals surface area contributed by atoms with Crippen molar-refractivity contribution in [3.63, 3.8) is 0 Å². The summed E-state index contributed by atoms with van der Waals surface area (Å²) < 4.78 is 7.00. The van der Waals surface area contributed by atoms with Crippen LogP contribution < -0.4 is 10.9 Å².